The van der Waals surface area contributed by atoms with Gasteiger partial charge in [0.1, 0.15) is 5.01 Å². The summed E-state index contributed by atoms with van der Waals surface area (Å²) in [5, 5.41) is 18.0. The fraction of sp³-hybridized carbons (Fsp3) is 0.250. The van der Waals surface area contributed by atoms with Crippen LogP contribution in [0.4, 0.5) is 5.13 Å². The second-order valence-corrected chi connectivity index (χ2v) is 4.20. The Morgan fingerprint density at radius 1 is 1.47 bits per heavy atom. The summed E-state index contributed by atoms with van der Waals surface area (Å²) in [4.78, 5) is 11.6. The molecule has 0 fully saturated rings. The largest absolute Gasteiger partial charge is 0.295 e. The summed E-state index contributed by atoms with van der Waals surface area (Å²) < 4.78 is 0. The van der Waals surface area contributed by atoms with Crippen molar-refractivity contribution in [2.75, 3.05) is 5.32 Å². The van der Waals surface area contributed by atoms with Gasteiger partial charge in [-0.2, -0.15) is 5.10 Å². The van der Waals surface area contributed by atoms with Gasteiger partial charge in [-0.15, -0.1) is 10.2 Å². The SMILES string of the molecule is Cc1cc(C(=O)Nc2nnc(C)s2)n[nH]1. The zero-order valence-electron chi connectivity index (χ0n) is 8.24. The minimum absolute atomic E-state index is 0.282. The predicted octanol–water partition coefficient (Wildman–Crippen LogP) is 1.13. The first-order chi connectivity index (χ1) is 7.15. The Morgan fingerprint density at radius 2 is 2.27 bits per heavy atom. The van der Waals surface area contributed by atoms with Crippen molar-refractivity contribution in [2.24, 2.45) is 0 Å². The van der Waals surface area contributed by atoms with Gasteiger partial charge in [-0.1, -0.05) is 11.3 Å². The number of hydrogen-bond acceptors (Lipinski definition) is 5. The molecule has 0 saturated carbocycles. The van der Waals surface area contributed by atoms with Crippen LogP contribution in [0, 0.1) is 13.8 Å². The molecule has 0 atom stereocenters. The highest BCUT2D eigenvalue weighted by Crippen LogP contribution is 2.14. The lowest BCUT2D eigenvalue weighted by molar-refractivity contribution is 0.102. The Morgan fingerprint density at radius 3 is 2.80 bits per heavy atom. The number of nitrogens with zero attached hydrogens (tertiary/aromatic N) is 3. The Labute approximate surface area is 89.7 Å². The molecule has 2 heterocycles. The number of H-pyrrole nitrogens is 1. The minimum Gasteiger partial charge on any atom is -0.295 e. The highest BCUT2D eigenvalue weighted by atomic mass is 32.1. The van der Waals surface area contributed by atoms with Gasteiger partial charge in [-0.25, -0.2) is 0 Å². The Balaban J connectivity index is 2.10. The van der Waals surface area contributed by atoms with Crippen molar-refractivity contribution in [1.82, 2.24) is 20.4 Å². The maximum absolute atomic E-state index is 11.6. The smallest absolute Gasteiger partial charge is 0.277 e. The summed E-state index contributed by atoms with van der Waals surface area (Å²) >= 11 is 1.33. The van der Waals surface area contributed by atoms with E-state index in [9.17, 15) is 4.79 Å². The minimum atomic E-state index is -0.282. The lowest BCUT2D eigenvalue weighted by atomic mass is 10.3. The fourth-order valence-electron chi connectivity index (χ4n) is 1.04. The van der Waals surface area contributed by atoms with E-state index in [0.29, 0.717) is 10.8 Å². The van der Waals surface area contributed by atoms with E-state index >= 15 is 0 Å². The van der Waals surface area contributed by atoms with Crippen LogP contribution in [0.15, 0.2) is 6.07 Å². The second kappa shape index (κ2) is 3.77. The van der Waals surface area contributed by atoms with Gasteiger partial charge in [-0.3, -0.25) is 15.2 Å². The van der Waals surface area contributed by atoms with E-state index in [1.165, 1.54) is 11.3 Å². The number of hydrogen-bond donors (Lipinski definition) is 2. The van der Waals surface area contributed by atoms with Gasteiger partial charge in [0.25, 0.3) is 5.91 Å². The van der Waals surface area contributed by atoms with E-state index in [0.717, 1.165) is 10.7 Å². The molecule has 2 rings (SSSR count). The van der Waals surface area contributed by atoms with E-state index in [-0.39, 0.29) is 5.91 Å². The Hall–Kier alpha value is -1.76. The second-order valence-electron chi connectivity index (χ2n) is 3.02. The maximum atomic E-state index is 11.6. The Bertz CT molecular complexity index is 489. The number of amides is 1. The average molecular weight is 223 g/mol. The monoisotopic (exact) mass is 223 g/mol. The van der Waals surface area contributed by atoms with E-state index < -0.39 is 0 Å². The molecule has 2 N–H and O–H groups in total. The number of aromatic nitrogens is 4. The average Bonchev–Trinajstić information content (AvgIpc) is 2.75. The topological polar surface area (TPSA) is 83.6 Å². The summed E-state index contributed by atoms with van der Waals surface area (Å²) in [5.74, 6) is -0.282. The van der Waals surface area contributed by atoms with Gasteiger partial charge < -0.3 is 0 Å². The van der Waals surface area contributed by atoms with Gasteiger partial charge in [0.05, 0.1) is 0 Å². The lowest BCUT2D eigenvalue weighted by Crippen LogP contribution is -2.12. The van der Waals surface area contributed by atoms with Crippen LogP contribution in [0.25, 0.3) is 0 Å². The third-order valence-electron chi connectivity index (χ3n) is 1.69. The van der Waals surface area contributed by atoms with Gasteiger partial charge >= 0.3 is 0 Å². The normalized spacial score (nSPS) is 10.3. The van der Waals surface area contributed by atoms with Gasteiger partial charge in [0.2, 0.25) is 5.13 Å². The third kappa shape index (κ3) is 2.18. The summed E-state index contributed by atoms with van der Waals surface area (Å²) in [7, 11) is 0. The van der Waals surface area contributed by atoms with Crippen molar-refractivity contribution in [1.29, 1.82) is 0 Å². The molecule has 0 aliphatic carbocycles. The molecular weight excluding hydrogens is 214 g/mol. The van der Waals surface area contributed by atoms with Crippen LogP contribution in [0.3, 0.4) is 0 Å². The molecule has 78 valence electrons. The number of carbonyl (C=O) groups is 1. The van der Waals surface area contributed by atoms with Crippen LogP contribution in [0.5, 0.6) is 0 Å². The summed E-state index contributed by atoms with van der Waals surface area (Å²) in [5.41, 5.74) is 1.19. The fourth-order valence-corrected chi connectivity index (χ4v) is 1.63. The maximum Gasteiger partial charge on any atom is 0.277 e. The third-order valence-corrected chi connectivity index (χ3v) is 2.44. The standard InChI is InChI=1S/C8H9N5OS/c1-4-3-6(12-10-4)7(14)9-8-13-11-5(2)15-8/h3H,1-2H3,(H,10,12)(H,9,13,14). The van der Waals surface area contributed by atoms with Crippen molar-refractivity contribution in [3.05, 3.63) is 22.5 Å². The van der Waals surface area contributed by atoms with Crippen LogP contribution >= 0.6 is 11.3 Å². The van der Waals surface area contributed by atoms with Gasteiger partial charge in [0.15, 0.2) is 5.69 Å². The summed E-state index contributed by atoms with van der Waals surface area (Å²) in [6.45, 7) is 3.66. The number of aryl methyl sites for hydroxylation is 2. The number of carbonyl (C=O) groups excluding carboxylic acids is 1. The highest BCUT2D eigenvalue weighted by molar-refractivity contribution is 7.15. The summed E-state index contributed by atoms with van der Waals surface area (Å²) in [6, 6.07) is 1.67. The molecule has 0 saturated heterocycles. The van der Waals surface area contributed by atoms with Crippen molar-refractivity contribution in [3.8, 4) is 0 Å². The number of anilines is 1. The molecule has 7 heteroatoms. The van der Waals surface area contributed by atoms with Gasteiger partial charge in [-0.05, 0) is 19.9 Å². The molecule has 0 aromatic carbocycles. The molecule has 2 aromatic heterocycles. The molecule has 0 aliphatic rings. The first kappa shape index (κ1) is 9.78. The van der Waals surface area contributed by atoms with Crippen LogP contribution in [0.1, 0.15) is 21.2 Å². The molecule has 6 nitrogen and oxygen atoms in total. The zero-order valence-corrected chi connectivity index (χ0v) is 9.05. The number of rotatable bonds is 2. The first-order valence-corrected chi connectivity index (χ1v) is 5.10. The highest BCUT2D eigenvalue weighted by Gasteiger charge is 2.11. The van der Waals surface area contributed by atoms with Crippen LogP contribution in [0.2, 0.25) is 0 Å². The molecule has 15 heavy (non-hydrogen) atoms. The van der Waals surface area contributed by atoms with Crippen LogP contribution < -0.4 is 5.32 Å². The number of nitrogens with one attached hydrogen (secondary N) is 2. The molecule has 2 aromatic rings. The van der Waals surface area contributed by atoms with E-state index in [4.69, 9.17) is 0 Å². The molecule has 0 radical (unpaired) electrons. The van der Waals surface area contributed by atoms with E-state index in [1.54, 1.807) is 6.07 Å². The zero-order chi connectivity index (χ0) is 10.8. The van der Waals surface area contributed by atoms with E-state index in [1.807, 2.05) is 13.8 Å². The quantitative estimate of drug-likeness (QED) is 0.799. The predicted molar refractivity (Wildman–Crippen MR) is 55.9 cm³/mol. The Kier molecular flexibility index (Phi) is 2.46. The molecule has 0 aliphatic heterocycles. The first-order valence-electron chi connectivity index (χ1n) is 4.28. The molecule has 0 unspecified atom stereocenters. The van der Waals surface area contributed by atoms with Crippen LogP contribution in [-0.2, 0) is 0 Å². The number of aromatic amines is 1. The molecule has 0 bridgehead atoms. The van der Waals surface area contributed by atoms with E-state index in [2.05, 4.69) is 25.7 Å². The summed E-state index contributed by atoms with van der Waals surface area (Å²) in [6.07, 6.45) is 0. The lowest BCUT2D eigenvalue weighted by Gasteiger charge is -1.94. The van der Waals surface area contributed by atoms with Crippen molar-refractivity contribution >= 4 is 22.4 Å². The molecule has 0 spiro atoms. The van der Waals surface area contributed by atoms with Crippen molar-refractivity contribution in [2.45, 2.75) is 13.8 Å². The molecule has 1 amide bonds. The van der Waals surface area contributed by atoms with Crippen LogP contribution in [-0.4, -0.2) is 26.3 Å². The molecular formula is C8H9N5OS. The van der Waals surface area contributed by atoms with Gasteiger partial charge in [0, 0.05) is 5.69 Å². The van der Waals surface area contributed by atoms with Crippen molar-refractivity contribution in [3.63, 3.8) is 0 Å². The van der Waals surface area contributed by atoms with Crippen molar-refractivity contribution < 1.29 is 4.79 Å².